The highest BCUT2D eigenvalue weighted by atomic mass is 16.7. The molecule has 0 bridgehead atoms. The summed E-state index contributed by atoms with van der Waals surface area (Å²) in [5, 5.41) is 19.3. The molecule has 0 rings (SSSR count). The molecule has 0 fully saturated rings. The molecule has 0 spiro atoms. The Morgan fingerprint density at radius 2 is 1.84 bits per heavy atom. The van der Waals surface area contributed by atoms with Crippen molar-refractivity contribution in [3.8, 4) is 0 Å². The van der Waals surface area contributed by atoms with Crippen molar-refractivity contribution < 1.29 is 24.4 Å². The fourth-order valence-electron chi connectivity index (χ4n) is 1.70. The van der Waals surface area contributed by atoms with E-state index in [-0.39, 0.29) is 25.4 Å². The van der Waals surface area contributed by atoms with Gasteiger partial charge >= 0.3 is 0 Å². The minimum absolute atomic E-state index is 0.0964. The van der Waals surface area contributed by atoms with E-state index >= 15 is 0 Å². The number of rotatable bonds is 13. The van der Waals surface area contributed by atoms with Crippen molar-refractivity contribution in [3.63, 3.8) is 0 Å². The van der Waals surface area contributed by atoms with Crippen molar-refractivity contribution >= 4 is 0 Å². The second-order valence-electron chi connectivity index (χ2n) is 4.19. The molecule has 5 heteroatoms. The van der Waals surface area contributed by atoms with Crippen LogP contribution in [0, 0.1) is 5.92 Å². The molecule has 0 heterocycles. The Morgan fingerprint density at radius 1 is 1.16 bits per heavy atom. The maximum atomic E-state index is 9.94. The molecule has 0 radical (unpaired) electrons. The van der Waals surface area contributed by atoms with Gasteiger partial charge in [-0.1, -0.05) is 12.2 Å². The molecule has 2 N–H and O–H groups in total. The molecule has 0 aromatic carbocycles. The first kappa shape index (κ1) is 18.3. The van der Waals surface area contributed by atoms with Crippen molar-refractivity contribution in [2.45, 2.75) is 25.0 Å². The van der Waals surface area contributed by atoms with E-state index in [1.807, 2.05) is 0 Å². The highest BCUT2D eigenvalue weighted by Gasteiger charge is 2.27. The lowest BCUT2D eigenvalue weighted by Gasteiger charge is -2.28. The lowest BCUT2D eigenvalue weighted by molar-refractivity contribution is -0.132. The summed E-state index contributed by atoms with van der Waals surface area (Å²) in [6.07, 6.45) is 3.24. The van der Waals surface area contributed by atoms with Crippen LogP contribution in [0.4, 0.5) is 0 Å². The van der Waals surface area contributed by atoms with E-state index in [0.29, 0.717) is 26.1 Å². The smallest absolute Gasteiger partial charge is 0.147 e. The molecule has 112 valence electrons. The van der Waals surface area contributed by atoms with Crippen LogP contribution in [0.25, 0.3) is 0 Å². The molecular weight excluding hydrogens is 248 g/mol. The fraction of sp³-hybridized carbons (Fsp3) is 0.714. The van der Waals surface area contributed by atoms with Gasteiger partial charge in [0.05, 0.1) is 32.0 Å². The number of aliphatic hydroxyl groups excluding tert-OH is 2. The highest BCUT2D eigenvalue weighted by Crippen LogP contribution is 2.19. The van der Waals surface area contributed by atoms with E-state index in [2.05, 4.69) is 13.2 Å². The van der Waals surface area contributed by atoms with Crippen LogP contribution in [0.1, 0.15) is 12.8 Å². The van der Waals surface area contributed by atoms with Crippen LogP contribution in [-0.2, 0) is 14.2 Å². The van der Waals surface area contributed by atoms with E-state index < -0.39 is 6.10 Å². The van der Waals surface area contributed by atoms with Gasteiger partial charge in [0, 0.05) is 13.0 Å². The van der Waals surface area contributed by atoms with Gasteiger partial charge in [-0.05, 0) is 12.8 Å². The third-order valence-electron chi connectivity index (χ3n) is 2.79. The van der Waals surface area contributed by atoms with Crippen LogP contribution in [0.15, 0.2) is 25.3 Å². The zero-order chi connectivity index (χ0) is 14.5. The average Bonchev–Trinajstić information content (AvgIpc) is 2.39. The monoisotopic (exact) mass is 274 g/mol. The Labute approximate surface area is 115 Å². The van der Waals surface area contributed by atoms with Crippen LogP contribution in [0.5, 0.6) is 0 Å². The largest absolute Gasteiger partial charge is 0.396 e. The lowest BCUT2D eigenvalue weighted by atomic mass is 9.92. The minimum atomic E-state index is -0.688. The Morgan fingerprint density at radius 3 is 2.37 bits per heavy atom. The maximum absolute atomic E-state index is 9.94. The van der Waals surface area contributed by atoms with Gasteiger partial charge in [-0.25, -0.2) is 0 Å². The second kappa shape index (κ2) is 12.3. The van der Waals surface area contributed by atoms with E-state index in [1.54, 1.807) is 19.3 Å². The highest BCUT2D eigenvalue weighted by molar-refractivity contribution is 4.86. The van der Waals surface area contributed by atoms with E-state index in [4.69, 9.17) is 14.2 Å². The summed E-state index contributed by atoms with van der Waals surface area (Å²) >= 11 is 0. The van der Waals surface area contributed by atoms with Gasteiger partial charge in [-0.2, -0.15) is 0 Å². The molecule has 0 unspecified atom stereocenters. The number of aliphatic hydroxyl groups is 2. The Hall–Kier alpha value is -0.720. The molecule has 0 aliphatic carbocycles. The summed E-state index contributed by atoms with van der Waals surface area (Å²) in [6.45, 7) is 8.11. The number of methoxy groups -OCH3 is 1. The maximum Gasteiger partial charge on any atom is 0.147 e. The number of hydrogen-bond acceptors (Lipinski definition) is 5. The minimum Gasteiger partial charge on any atom is -0.396 e. The molecule has 5 nitrogen and oxygen atoms in total. The summed E-state index contributed by atoms with van der Waals surface area (Å²) < 4.78 is 15.6. The molecule has 19 heavy (non-hydrogen) atoms. The van der Waals surface area contributed by atoms with Gasteiger partial charge < -0.3 is 24.4 Å². The Balaban J connectivity index is 4.24. The van der Waals surface area contributed by atoms with Gasteiger partial charge in [-0.3, -0.25) is 0 Å². The van der Waals surface area contributed by atoms with E-state index in [9.17, 15) is 10.2 Å². The zero-order valence-electron chi connectivity index (χ0n) is 11.7. The van der Waals surface area contributed by atoms with Crippen molar-refractivity contribution in [3.05, 3.63) is 25.3 Å². The first-order chi connectivity index (χ1) is 9.21. The zero-order valence-corrected chi connectivity index (χ0v) is 11.7. The second-order valence-corrected chi connectivity index (χ2v) is 4.19. The normalized spacial score (nSPS) is 15.7. The molecule has 0 aliphatic rings. The molecule has 0 saturated carbocycles. The first-order valence-corrected chi connectivity index (χ1v) is 6.40. The molecule has 3 atom stereocenters. The van der Waals surface area contributed by atoms with Crippen molar-refractivity contribution in [1.29, 1.82) is 0 Å². The summed E-state index contributed by atoms with van der Waals surface area (Å²) in [7, 11) is 1.60. The van der Waals surface area contributed by atoms with E-state index in [1.165, 1.54) is 0 Å². The van der Waals surface area contributed by atoms with Crippen LogP contribution >= 0.6 is 0 Å². The number of ether oxygens (including phenoxy) is 3. The van der Waals surface area contributed by atoms with E-state index in [0.717, 1.165) is 0 Å². The predicted octanol–water partition coefficient (Wildman–Crippen LogP) is 1.11. The predicted molar refractivity (Wildman–Crippen MR) is 73.8 cm³/mol. The van der Waals surface area contributed by atoms with Crippen LogP contribution in [0.2, 0.25) is 0 Å². The third kappa shape index (κ3) is 8.13. The summed E-state index contributed by atoms with van der Waals surface area (Å²) in [5.41, 5.74) is 0. The van der Waals surface area contributed by atoms with Crippen molar-refractivity contribution in [2.75, 3.05) is 33.7 Å². The van der Waals surface area contributed by atoms with Crippen molar-refractivity contribution in [2.24, 2.45) is 5.92 Å². The molecule has 0 aliphatic heterocycles. The van der Waals surface area contributed by atoms with Crippen LogP contribution < -0.4 is 0 Å². The van der Waals surface area contributed by atoms with Crippen LogP contribution in [0.3, 0.4) is 0 Å². The topological polar surface area (TPSA) is 68.2 Å². The lowest BCUT2D eigenvalue weighted by Crippen LogP contribution is -2.36. The van der Waals surface area contributed by atoms with Gasteiger partial charge in [0.2, 0.25) is 0 Å². The summed E-state index contributed by atoms with van der Waals surface area (Å²) in [6, 6.07) is 0. The SMILES string of the molecule is C=CC[C@@H](O)[C@@H](CO)[C@@H](CC=C)OCOCCOC. The Bertz CT molecular complexity index is 232. The molecule has 0 saturated heterocycles. The standard InChI is InChI=1S/C14H26O5/c1-4-6-13(16)12(10-15)14(7-5-2)19-11-18-9-8-17-3/h4-5,12-16H,1-2,6-11H2,3H3/t12-,13-,14-/m1/s1. The summed E-state index contributed by atoms with van der Waals surface area (Å²) in [4.78, 5) is 0. The fourth-order valence-corrected chi connectivity index (χ4v) is 1.70. The van der Waals surface area contributed by atoms with Crippen LogP contribution in [-0.4, -0.2) is 56.1 Å². The quantitative estimate of drug-likeness (QED) is 0.299. The molecule has 0 aromatic heterocycles. The van der Waals surface area contributed by atoms with Gasteiger partial charge in [0.25, 0.3) is 0 Å². The van der Waals surface area contributed by atoms with Gasteiger partial charge in [-0.15, -0.1) is 13.2 Å². The summed E-state index contributed by atoms with van der Waals surface area (Å²) in [5.74, 6) is -0.387. The van der Waals surface area contributed by atoms with Crippen molar-refractivity contribution in [1.82, 2.24) is 0 Å². The third-order valence-corrected chi connectivity index (χ3v) is 2.79. The van der Waals surface area contributed by atoms with Gasteiger partial charge in [0.1, 0.15) is 6.79 Å². The Kier molecular flexibility index (Phi) is 11.9. The van der Waals surface area contributed by atoms with Gasteiger partial charge in [0.15, 0.2) is 0 Å². The molecular formula is C14H26O5. The average molecular weight is 274 g/mol. The molecule has 0 aromatic rings. The molecule has 0 amide bonds. The number of hydrogen-bond donors (Lipinski definition) is 2. The first-order valence-electron chi connectivity index (χ1n) is 6.40.